The van der Waals surface area contributed by atoms with Crippen molar-refractivity contribution >= 4 is 23.3 Å². The van der Waals surface area contributed by atoms with Crippen LogP contribution in [-0.2, 0) is 4.74 Å². The highest BCUT2D eigenvalue weighted by molar-refractivity contribution is 6.30. The summed E-state index contributed by atoms with van der Waals surface area (Å²) in [6, 6.07) is 7.29. The van der Waals surface area contributed by atoms with E-state index in [-0.39, 0.29) is 11.9 Å². The maximum absolute atomic E-state index is 12.4. The van der Waals surface area contributed by atoms with Gasteiger partial charge in [0, 0.05) is 25.2 Å². The highest BCUT2D eigenvalue weighted by Gasteiger charge is 2.19. The topological polar surface area (TPSA) is 59.4 Å². The Morgan fingerprint density at radius 3 is 2.84 bits per heavy atom. The van der Waals surface area contributed by atoms with E-state index in [1.54, 1.807) is 18.1 Å². The number of amides is 2. The fourth-order valence-corrected chi connectivity index (χ4v) is 2.67. The van der Waals surface area contributed by atoms with E-state index in [1.165, 1.54) is 0 Å². The summed E-state index contributed by atoms with van der Waals surface area (Å²) in [6.45, 7) is 7.73. The van der Waals surface area contributed by atoms with E-state index in [0.717, 1.165) is 11.4 Å². The third-order valence-electron chi connectivity index (χ3n) is 3.77. The molecule has 0 aliphatic heterocycles. The Bertz CT molecular complexity index is 715. The van der Waals surface area contributed by atoms with E-state index in [0.29, 0.717) is 30.5 Å². The molecule has 0 radical (unpaired) electrons. The van der Waals surface area contributed by atoms with Crippen LogP contribution in [0.15, 0.2) is 30.5 Å². The number of likely N-dealkylation sites (N-methyl/N-ethyl adjacent to an activating group) is 1. The molecule has 0 aliphatic carbocycles. The number of hydrogen-bond acceptors (Lipinski definition) is 3. The van der Waals surface area contributed by atoms with Gasteiger partial charge in [-0.05, 0) is 31.0 Å². The Balaban J connectivity index is 2.20. The molecule has 25 heavy (non-hydrogen) atoms. The van der Waals surface area contributed by atoms with Crippen LogP contribution in [0.4, 0.5) is 10.5 Å². The highest BCUT2D eigenvalue weighted by atomic mass is 35.5. The van der Waals surface area contributed by atoms with Gasteiger partial charge in [0.2, 0.25) is 0 Å². The van der Waals surface area contributed by atoms with Crippen LogP contribution < -0.4 is 5.32 Å². The zero-order chi connectivity index (χ0) is 18.4. The Hall–Kier alpha value is -2.05. The van der Waals surface area contributed by atoms with Crippen molar-refractivity contribution in [2.24, 2.45) is 0 Å². The zero-order valence-corrected chi connectivity index (χ0v) is 15.9. The summed E-state index contributed by atoms with van der Waals surface area (Å²) in [5.74, 6) is 0.172. The molecule has 0 unspecified atom stereocenters. The molecule has 1 aromatic carbocycles. The SMILES string of the molecule is CCOCCN(C)C(=O)Nc1cnn(-c2cccc(Cl)c2)c1C(C)C. The monoisotopic (exact) mass is 364 g/mol. The van der Waals surface area contributed by atoms with Crippen LogP contribution in [0.2, 0.25) is 5.02 Å². The average Bonchev–Trinajstić information content (AvgIpc) is 2.98. The lowest BCUT2D eigenvalue weighted by atomic mass is 10.1. The van der Waals surface area contributed by atoms with E-state index in [2.05, 4.69) is 24.3 Å². The molecule has 2 aromatic rings. The molecule has 2 rings (SSSR count). The van der Waals surface area contributed by atoms with Gasteiger partial charge in [0.05, 0.1) is 29.9 Å². The van der Waals surface area contributed by atoms with Crippen molar-refractivity contribution in [2.45, 2.75) is 26.7 Å². The maximum atomic E-state index is 12.4. The van der Waals surface area contributed by atoms with Gasteiger partial charge in [-0.2, -0.15) is 5.10 Å². The molecule has 0 fully saturated rings. The van der Waals surface area contributed by atoms with Crippen molar-refractivity contribution in [3.63, 3.8) is 0 Å². The molecule has 0 saturated heterocycles. The van der Waals surface area contributed by atoms with Gasteiger partial charge < -0.3 is 15.0 Å². The Kier molecular flexibility index (Phi) is 6.84. The van der Waals surface area contributed by atoms with Gasteiger partial charge in [-0.3, -0.25) is 0 Å². The molecule has 0 aliphatic rings. The van der Waals surface area contributed by atoms with Gasteiger partial charge in [-0.25, -0.2) is 9.48 Å². The molecule has 136 valence electrons. The molecular weight excluding hydrogens is 340 g/mol. The fraction of sp³-hybridized carbons (Fsp3) is 0.444. The van der Waals surface area contributed by atoms with Crippen LogP contribution in [0.1, 0.15) is 32.4 Å². The summed E-state index contributed by atoms with van der Waals surface area (Å²) in [5.41, 5.74) is 2.48. The number of ether oxygens (including phenoxy) is 1. The lowest BCUT2D eigenvalue weighted by Gasteiger charge is -2.19. The standard InChI is InChI=1S/C18H25ClN4O2/c1-5-25-10-9-22(4)18(24)21-16-12-20-23(17(16)13(2)3)15-8-6-7-14(19)11-15/h6-8,11-13H,5,9-10H2,1-4H3,(H,21,24). The first-order valence-corrected chi connectivity index (χ1v) is 8.75. The summed E-state index contributed by atoms with van der Waals surface area (Å²) >= 11 is 6.09. The van der Waals surface area contributed by atoms with E-state index in [4.69, 9.17) is 16.3 Å². The van der Waals surface area contributed by atoms with Crippen molar-refractivity contribution in [1.82, 2.24) is 14.7 Å². The third-order valence-corrected chi connectivity index (χ3v) is 4.00. The summed E-state index contributed by atoms with van der Waals surface area (Å²) in [6.07, 6.45) is 1.67. The normalized spacial score (nSPS) is 11.0. The third kappa shape index (κ3) is 4.96. The van der Waals surface area contributed by atoms with Crippen LogP contribution in [0.5, 0.6) is 0 Å². The Morgan fingerprint density at radius 2 is 2.20 bits per heavy atom. The zero-order valence-electron chi connectivity index (χ0n) is 15.1. The number of nitrogens with zero attached hydrogens (tertiary/aromatic N) is 3. The second-order valence-corrected chi connectivity index (χ2v) is 6.47. The molecule has 1 heterocycles. The number of benzene rings is 1. The van der Waals surface area contributed by atoms with Crippen molar-refractivity contribution in [1.29, 1.82) is 0 Å². The number of anilines is 1. The predicted octanol–water partition coefficient (Wildman–Crippen LogP) is 4.15. The van der Waals surface area contributed by atoms with Gasteiger partial charge in [0.25, 0.3) is 0 Å². The van der Waals surface area contributed by atoms with Crippen LogP contribution in [-0.4, -0.2) is 47.5 Å². The average molecular weight is 365 g/mol. The lowest BCUT2D eigenvalue weighted by Crippen LogP contribution is -2.34. The van der Waals surface area contributed by atoms with E-state index < -0.39 is 0 Å². The van der Waals surface area contributed by atoms with Crippen molar-refractivity contribution in [3.05, 3.63) is 41.2 Å². The molecular formula is C18H25ClN4O2. The van der Waals surface area contributed by atoms with E-state index in [9.17, 15) is 4.79 Å². The summed E-state index contributed by atoms with van der Waals surface area (Å²) < 4.78 is 7.10. The molecule has 2 amide bonds. The number of urea groups is 1. The molecule has 1 aromatic heterocycles. The van der Waals surface area contributed by atoms with Gasteiger partial charge >= 0.3 is 6.03 Å². The van der Waals surface area contributed by atoms with Gasteiger partial charge in [0.1, 0.15) is 0 Å². The molecule has 1 N–H and O–H groups in total. The van der Waals surface area contributed by atoms with E-state index >= 15 is 0 Å². The summed E-state index contributed by atoms with van der Waals surface area (Å²) in [7, 11) is 1.74. The molecule has 7 heteroatoms. The van der Waals surface area contributed by atoms with Gasteiger partial charge in [-0.15, -0.1) is 0 Å². The molecule has 0 spiro atoms. The molecule has 6 nitrogen and oxygen atoms in total. The predicted molar refractivity (Wildman–Crippen MR) is 101 cm³/mol. The fourth-order valence-electron chi connectivity index (χ4n) is 2.48. The first-order chi connectivity index (χ1) is 11.9. The molecule has 0 bridgehead atoms. The first-order valence-electron chi connectivity index (χ1n) is 8.37. The highest BCUT2D eigenvalue weighted by Crippen LogP contribution is 2.28. The molecule has 0 atom stereocenters. The van der Waals surface area contributed by atoms with Gasteiger partial charge in [-0.1, -0.05) is 31.5 Å². The minimum absolute atomic E-state index is 0.172. The molecule has 0 saturated carbocycles. The Labute approximate surface area is 153 Å². The minimum Gasteiger partial charge on any atom is -0.380 e. The number of carbonyl (C=O) groups is 1. The minimum atomic E-state index is -0.188. The number of rotatable bonds is 7. The number of hydrogen-bond donors (Lipinski definition) is 1. The van der Waals surface area contributed by atoms with Crippen LogP contribution in [0.3, 0.4) is 0 Å². The smallest absolute Gasteiger partial charge is 0.321 e. The van der Waals surface area contributed by atoms with Crippen LogP contribution >= 0.6 is 11.6 Å². The number of aromatic nitrogens is 2. The maximum Gasteiger partial charge on any atom is 0.321 e. The van der Waals surface area contributed by atoms with Crippen LogP contribution in [0.25, 0.3) is 5.69 Å². The Morgan fingerprint density at radius 1 is 1.44 bits per heavy atom. The van der Waals surface area contributed by atoms with Gasteiger partial charge in [0.15, 0.2) is 0 Å². The van der Waals surface area contributed by atoms with Crippen molar-refractivity contribution in [2.75, 3.05) is 32.1 Å². The summed E-state index contributed by atoms with van der Waals surface area (Å²) in [5, 5.41) is 8.02. The van der Waals surface area contributed by atoms with Crippen molar-refractivity contribution in [3.8, 4) is 5.69 Å². The largest absolute Gasteiger partial charge is 0.380 e. The number of carbonyl (C=O) groups excluding carboxylic acids is 1. The second-order valence-electron chi connectivity index (χ2n) is 6.04. The number of halogens is 1. The van der Waals surface area contributed by atoms with E-state index in [1.807, 2.05) is 35.9 Å². The number of nitrogens with one attached hydrogen (secondary N) is 1. The quantitative estimate of drug-likeness (QED) is 0.751. The lowest BCUT2D eigenvalue weighted by molar-refractivity contribution is 0.128. The van der Waals surface area contributed by atoms with Crippen molar-refractivity contribution < 1.29 is 9.53 Å². The summed E-state index contributed by atoms with van der Waals surface area (Å²) in [4.78, 5) is 14.0. The first kappa shape index (κ1) is 19.3. The second kappa shape index (κ2) is 8.87. The van der Waals surface area contributed by atoms with Crippen LogP contribution in [0, 0.1) is 0 Å².